The topological polar surface area (TPSA) is 32.8 Å². The molecular weight excluding hydrogens is 368 g/mol. The van der Waals surface area contributed by atoms with Crippen molar-refractivity contribution >= 4 is 37.8 Å². The van der Waals surface area contributed by atoms with E-state index in [1.54, 1.807) is 0 Å². The van der Waals surface area contributed by atoms with Crippen LogP contribution in [-0.4, -0.2) is 39.1 Å². The van der Waals surface area contributed by atoms with E-state index in [9.17, 15) is 22.7 Å². The van der Waals surface area contributed by atoms with Crippen LogP contribution in [0.3, 0.4) is 0 Å². The molecule has 0 aromatic carbocycles. The van der Waals surface area contributed by atoms with Crippen LogP contribution in [0.25, 0.3) is 0 Å². The molecule has 0 rings (SSSR count). The van der Waals surface area contributed by atoms with Crippen LogP contribution in [0.5, 0.6) is 0 Å². The summed E-state index contributed by atoms with van der Waals surface area (Å²) in [5.41, 5.74) is 0. The Bertz CT molecular complexity index is 243. The summed E-state index contributed by atoms with van der Waals surface area (Å²) in [6, 6.07) is 0. The molecule has 2 atom stereocenters. The number of rotatable bonds is 6. The predicted octanol–water partition coefficient (Wildman–Crippen LogP) is 2.55. The lowest BCUT2D eigenvalue weighted by molar-refractivity contribution is -0.287. The molecule has 2 unspecified atom stereocenters. The highest BCUT2D eigenvalue weighted by molar-refractivity contribution is 9.12. The fourth-order valence-electron chi connectivity index (χ4n) is 0.558. The van der Waals surface area contributed by atoms with Crippen molar-refractivity contribution in [2.24, 2.45) is 0 Å². The zero-order valence-corrected chi connectivity index (χ0v) is 11.1. The normalized spacial score (nSPS) is 17.3. The number of nitrogens with zero attached hydrogens (tertiary/aromatic N) is 2. The molecule has 96 valence electrons. The van der Waals surface area contributed by atoms with Gasteiger partial charge in [0.2, 0.25) is 6.23 Å². The molecular formula is C6H8Br2F4N2O2. The van der Waals surface area contributed by atoms with Crippen LogP contribution in [0.4, 0.5) is 17.9 Å². The van der Waals surface area contributed by atoms with E-state index in [0.29, 0.717) is 0 Å². The van der Waals surface area contributed by atoms with Crippen LogP contribution in [-0.2, 0) is 9.53 Å². The Kier molecular flexibility index (Phi) is 6.75. The van der Waals surface area contributed by atoms with Gasteiger partial charge in [0.05, 0.1) is 5.34 Å². The Balaban J connectivity index is 4.46. The number of esters is 1. The van der Waals surface area contributed by atoms with Gasteiger partial charge in [-0.2, -0.15) is 0 Å². The minimum absolute atomic E-state index is 0.0824. The zero-order valence-electron chi connectivity index (χ0n) is 7.97. The molecule has 4 nitrogen and oxygen atoms in total. The van der Waals surface area contributed by atoms with Crippen molar-refractivity contribution in [3.63, 3.8) is 0 Å². The lowest BCUT2D eigenvalue weighted by Crippen LogP contribution is -2.41. The van der Waals surface area contributed by atoms with Crippen molar-refractivity contribution in [2.45, 2.75) is 17.5 Å². The molecule has 0 aromatic heterocycles. The third kappa shape index (κ3) is 5.41. The Morgan fingerprint density at radius 3 is 2.25 bits per heavy atom. The van der Waals surface area contributed by atoms with E-state index >= 15 is 0 Å². The van der Waals surface area contributed by atoms with E-state index in [0.717, 1.165) is 0 Å². The number of ether oxygens (including phenoxy) is 1. The minimum atomic E-state index is -2.32. The highest BCUT2D eigenvalue weighted by Crippen LogP contribution is 2.23. The van der Waals surface area contributed by atoms with Crippen molar-refractivity contribution < 1.29 is 27.5 Å². The molecule has 0 fully saturated rings. The Morgan fingerprint density at radius 2 is 1.94 bits per heavy atom. The lowest BCUT2D eigenvalue weighted by Gasteiger charge is -2.22. The van der Waals surface area contributed by atoms with E-state index in [1.807, 2.05) is 0 Å². The van der Waals surface area contributed by atoms with Gasteiger partial charge in [0.1, 0.15) is 10.9 Å². The van der Waals surface area contributed by atoms with Gasteiger partial charge in [0.25, 0.3) is 0 Å². The summed E-state index contributed by atoms with van der Waals surface area (Å²) < 4.78 is 50.6. The number of alkyl halides is 2. The molecule has 0 saturated heterocycles. The first kappa shape index (κ1) is 16.1. The van der Waals surface area contributed by atoms with Gasteiger partial charge < -0.3 is 4.74 Å². The molecule has 0 spiro atoms. The van der Waals surface area contributed by atoms with Crippen molar-refractivity contribution in [1.29, 1.82) is 0 Å². The summed E-state index contributed by atoms with van der Waals surface area (Å²) in [6.45, 7) is -0.0608. The molecule has 0 aromatic rings. The van der Waals surface area contributed by atoms with Gasteiger partial charge in [0, 0.05) is 10.7 Å². The number of carbonyl (C=O) groups is 1. The molecule has 0 aliphatic heterocycles. The monoisotopic (exact) mass is 374 g/mol. The standard InChI is InChI=1S/C6H8Br2F4N2O2/c1-6(8,3-7)5(15)16-4(14(11)12)2-13(9)10/h4H,2-3H2,1H3. The van der Waals surface area contributed by atoms with E-state index in [-0.39, 0.29) is 5.33 Å². The molecule has 0 saturated carbocycles. The third-order valence-corrected chi connectivity index (χ3v) is 3.91. The molecule has 10 heteroatoms. The van der Waals surface area contributed by atoms with Crippen LogP contribution >= 0.6 is 31.9 Å². The van der Waals surface area contributed by atoms with Crippen LogP contribution in [0.15, 0.2) is 0 Å². The van der Waals surface area contributed by atoms with E-state index in [1.165, 1.54) is 6.92 Å². The molecule has 0 heterocycles. The van der Waals surface area contributed by atoms with E-state index < -0.39 is 33.8 Å². The predicted molar refractivity (Wildman–Crippen MR) is 54.0 cm³/mol. The smallest absolute Gasteiger partial charge is 0.325 e. The lowest BCUT2D eigenvalue weighted by atomic mass is 10.2. The fourth-order valence-corrected chi connectivity index (χ4v) is 0.880. The van der Waals surface area contributed by atoms with Gasteiger partial charge in [-0.05, 0) is 6.92 Å². The first-order chi connectivity index (χ1) is 7.20. The van der Waals surface area contributed by atoms with E-state index in [4.69, 9.17) is 0 Å². The van der Waals surface area contributed by atoms with Crippen LogP contribution in [0.2, 0.25) is 0 Å². The second kappa shape index (κ2) is 6.72. The first-order valence-electron chi connectivity index (χ1n) is 3.86. The maximum absolute atomic E-state index is 12.1. The van der Waals surface area contributed by atoms with Crippen LogP contribution in [0, 0.1) is 0 Å². The van der Waals surface area contributed by atoms with E-state index in [2.05, 4.69) is 36.6 Å². The molecule has 0 aliphatic rings. The molecule has 0 N–H and O–H groups in total. The Labute approximate surface area is 105 Å². The van der Waals surface area contributed by atoms with Gasteiger partial charge in [-0.1, -0.05) is 40.8 Å². The summed E-state index contributed by atoms with van der Waals surface area (Å²) in [4.78, 5) is 11.3. The van der Waals surface area contributed by atoms with Gasteiger partial charge in [-0.3, -0.25) is 4.79 Å². The molecule has 0 radical (unpaired) electrons. The summed E-state index contributed by atoms with van der Waals surface area (Å²) in [5, 5.41) is -3.01. The number of hydrogen-bond acceptors (Lipinski definition) is 4. The summed E-state index contributed by atoms with van der Waals surface area (Å²) >= 11 is 5.85. The fraction of sp³-hybridized carbons (Fsp3) is 0.833. The number of halogens is 6. The maximum atomic E-state index is 12.1. The van der Waals surface area contributed by atoms with Crippen molar-refractivity contribution in [1.82, 2.24) is 10.7 Å². The van der Waals surface area contributed by atoms with Gasteiger partial charge in [0.15, 0.2) is 0 Å². The summed E-state index contributed by atoms with van der Waals surface area (Å²) in [6.07, 6.45) is -2.32. The zero-order chi connectivity index (χ0) is 12.9. The number of carbonyl (C=O) groups excluding carboxylic acids is 1. The van der Waals surface area contributed by atoms with Gasteiger partial charge in [-0.15, -0.1) is 8.96 Å². The largest absolute Gasteiger partial charge is 0.438 e. The van der Waals surface area contributed by atoms with Gasteiger partial charge >= 0.3 is 5.97 Å². The molecule has 0 aliphatic carbocycles. The molecule has 16 heavy (non-hydrogen) atoms. The highest BCUT2D eigenvalue weighted by atomic mass is 79.9. The Morgan fingerprint density at radius 1 is 1.44 bits per heavy atom. The second-order valence-corrected chi connectivity index (χ2v) is 5.25. The summed E-state index contributed by atoms with van der Waals surface area (Å²) in [5.74, 6) is -1.07. The van der Waals surface area contributed by atoms with Gasteiger partial charge in [-0.25, -0.2) is 0 Å². The highest BCUT2D eigenvalue weighted by Gasteiger charge is 2.35. The summed E-state index contributed by atoms with van der Waals surface area (Å²) in [7, 11) is 0. The molecule has 0 bridgehead atoms. The minimum Gasteiger partial charge on any atom is -0.438 e. The quantitative estimate of drug-likeness (QED) is 0.235. The Hall–Kier alpha value is 0.0700. The van der Waals surface area contributed by atoms with Crippen LogP contribution < -0.4 is 0 Å². The second-order valence-electron chi connectivity index (χ2n) is 2.94. The number of hydrogen-bond donors (Lipinski definition) is 0. The SMILES string of the molecule is CC(Br)(CBr)C(=O)OC(CN(F)F)N(F)F. The maximum Gasteiger partial charge on any atom is 0.325 e. The average Bonchev–Trinajstić information content (AvgIpc) is 2.15. The third-order valence-electron chi connectivity index (χ3n) is 1.43. The van der Waals surface area contributed by atoms with Crippen molar-refractivity contribution in [3.8, 4) is 0 Å². The van der Waals surface area contributed by atoms with Crippen molar-refractivity contribution in [2.75, 3.05) is 11.9 Å². The first-order valence-corrected chi connectivity index (χ1v) is 5.78. The van der Waals surface area contributed by atoms with Crippen molar-refractivity contribution in [3.05, 3.63) is 0 Å². The van der Waals surface area contributed by atoms with Crippen LogP contribution in [0.1, 0.15) is 6.92 Å². The molecule has 0 amide bonds. The average molecular weight is 376 g/mol.